The van der Waals surface area contributed by atoms with Crippen molar-refractivity contribution in [1.82, 2.24) is 39.8 Å². The van der Waals surface area contributed by atoms with Crippen LogP contribution in [0.5, 0.6) is 0 Å². The lowest BCUT2D eigenvalue weighted by molar-refractivity contribution is -0.133. The molecule has 0 bridgehead atoms. The van der Waals surface area contributed by atoms with Crippen LogP contribution < -0.4 is 22.5 Å². The van der Waals surface area contributed by atoms with E-state index >= 15 is 0 Å². The number of likely N-dealkylation sites (tertiary alicyclic amines) is 1. The number of oxazole rings is 1. The Morgan fingerprint density at radius 2 is 1.45 bits per heavy atom. The van der Waals surface area contributed by atoms with Crippen molar-refractivity contribution < 1.29 is 42.4 Å². The van der Waals surface area contributed by atoms with E-state index in [2.05, 4.69) is 43.4 Å². The number of nitrogens with zero attached hydrogens (tertiary/aromatic N) is 7. The van der Waals surface area contributed by atoms with Gasteiger partial charge in [-0.3, -0.25) is 14.5 Å². The lowest BCUT2D eigenvalue weighted by atomic mass is 9.97. The SMILES string of the molecule is Nc1nc2cc(-c3nn(Cc4ccc5c(c4)CCN(C(=O)CCOCCOCCOCCOCCOCCOCCNC(=O)CN4CCC(N)CC4)C5)c4ncnc(N)c34)ccc2o1. The number of nitrogens with two attached hydrogens (primary N) is 3. The molecule has 3 aromatic heterocycles. The van der Waals surface area contributed by atoms with E-state index in [0.29, 0.717) is 152 Å². The highest BCUT2D eigenvalue weighted by Crippen LogP contribution is 2.33. The Labute approximate surface area is 372 Å². The highest BCUT2D eigenvalue weighted by atomic mass is 16.6. The molecule has 2 aliphatic heterocycles. The van der Waals surface area contributed by atoms with Gasteiger partial charge in [-0.15, -0.1) is 0 Å². The summed E-state index contributed by atoms with van der Waals surface area (Å²) in [7, 11) is 0. The Bertz CT molecular complexity index is 2260. The van der Waals surface area contributed by atoms with Crippen LogP contribution >= 0.6 is 0 Å². The number of carbonyl (C=O) groups excluding carboxylic acids is 2. The van der Waals surface area contributed by atoms with E-state index in [-0.39, 0.29) is 23.9 Å². The van der Waals surface area contributed by atoms with Gasteiger partial charge in [0.2, 0.25) is 11.8 Å². The summed E-state index contributed by atoms with van der Waals surface area (Å²) >= 11 is 0. The number of rotatable bonds is 26. The molecular formula is C44H61N11O9. The van der Waals surface area contributed by atoms with Crippen molar-refractivity contribution in [2.24, 2.45) is 5.73 Å². The number of hydrogen-bond acceptors (Lipinski definition) is 17. The number of nitrogen functional groups attached to an aromatic ring is 2. The van der Waals surface area contributed by atoms with Gasteiger partial charge in [0.15, 0.2) is 11.2 Å². The minimum atomic E-state index is 0.0130. The van der Waals surface area contributed by atoms with Gasteiger partial charge < -0.3 is 60.3 Å². The summed E-state index contributed by atoms with van der Waals surface area (Å²) in [6.07, 6.45) is 4.38. The summed E-state index contributed by atoms with van der Waals surface area (Å²) in [4.78, 5) is 42.1. The topological polar surface area (TPSA) is 256 Å². The molecule has 1 saturated heterocycles. The van der Waals surface area contributed by atoms with Crippen LogP contribution in [0.4, 0.5) is 11.8 Å². The Balaban J connectivity index is 0.684. The van der Waals surface area contributed by atoms with Crippen molar-refractivity contribution in [2.75, 3.05) is 123 Å². The van der Waals surface area contributed by atoms with Crippen LogP contribution in [0.15, 0.2) is 47.1 Å². The number of hydrogen-bond donors (Lipinski definition) is 4. The van der Waals surface area contributed by atoms with Crippen LogP contribution in [-0.4, -0.2) is 164 Å². The zero-order chi connectivity index (χ0) is 44.5. The van der Waals surface area contributed by atoms with E-state index in [1.54, 1.807) is 6.07 Å². The molecule has 2 aliphatic rings. The number of nitrogens with one attached hydrogen (secondary N) is 1. The molecule has 0 aliphatic carbocycles. The van der Waals surface area contributed by atoms with Crippen LogP contribution in [0.25, 0.3) is 33.4 Å². The Morgan fingerprint density at radius 1 is 0.781 bits per heavy atom. The molecule has 0 saturated carbocycles. The molecule has 2 amide bonds. The summed E-state index contributed by atoms with van der Waals surface area (Å²) in [5.41, 5.74) is 24.7. The average Bonchev–Trinajstić information content (AvgIpc) is 3.86. The molecule has 20 nitrogen and oxygen atoms in total. The smallest absolute Gasteiger partial charge is 0.292 e. The van der Waals surface area contributed by atoms with Crippen LogP contribution in [0.1, 0.15) is 36.0 Å². The summed E-state index contributed by atoms with van der Waals surface area (Å²) in [5, 5.41) is 8.47. The van der Waals surface area contributed by atoms with E-state index in [1.807, 2.05) is 21.7 Å². The highest BCUT2D eigenvalue weighted by molar-refractivity contribution is 5.99. The molecule has 20 heteroatoms. The van der Waals surface area contributed by atoms with Crippen LogP contribution in [-0.2, 0) is 57.5 Å². The van der Waals surface area contributed by atoms with E-state index < -0.39 is 0 Å². The number of carbonyl (C=O) groups is 2. The van der Waals surface area contributed by atoms with E-state index in [0.717, 1.165) is 49.0 Å². The molecule has 346 valence electrons. The molecule has 7 N–H and O–H groups in total. The second-order valence-corrected chi connectivity index (χ2v) is 15.8. The molecule has 2 aromatic carbocycles. The van der Waals surface area contributed by atoms with Crippen molar-refractivity contribution in [2.45, 2.75) is 44.8 Å². The third-order valence-corrected chi connectivity index (χ3v) is 11.1. The molecular weight excluding hydrogens is 827 g/mol. The van der Waals surface area contributed by atoms with E-state index in [4.69, 9.17) is 55.1 Å². The third-order valence-electron chi connectivity index (χ3n) is 11.1. The molecule has 5 heterocycles. The number of aromatic nitrogens is 5. The minimum absolute atomic E-state index is 0.0130. The molecule has 64 heavy (non-hydrogen) atoms. The monoisotopic (exact) mass is 887 g/mol. The van der Waals surface area contributed by atoms with Gasteiger partial charge in [0.1, 0.15) is 23.4 Å². The fourth-order valence-electron chi connectivity index (χ4n) is 7.68. The zero-order valence-corrected chi connectivity index (χ0v) is 36.4. The standard InChI is InChI=1S/C44H61N11O9/c45-35-6-10-53(11-7-35)29-38(56)48-9-14-59-16-18-61-20-22-63-24-23-62-21-19-60-17-15-58-13-8-39(57)54-12-5-32-25-31(1-2-34(32)28-54)27-55-43-40(42(46)49-30-50-43)41(52-55)33-3-4-37-36(26-33)51-44(47)64-37/h1-4,25-26,30,35H,5-24,27-29,45H2,(H2,47,51)(H,48,56)(H2,46,49,50). The molecule has 5 aromatic rings. The number of ether oxygens (including phenoxy) is 6. The predicted molar refractivity (Wildman–Crippen MR) is 238 cm³/mol. The minimum Gasteiger partial charge on any atom is -0.424 e. The van der Waals surface area contributed by atoms with Crippen LogP contribution in [0.2, 0.25) is 0 Å². The predicted octanol–water partition coefficient (Wildman–Crippen LogP) is 1.76. The number of anilines is 2. The van der Waals surface area contributed by atoms with Gasteiger partial charge in [-0.25, -0.2) is 14.6 Å². The molecule has 0 atom stereocenters. The van der Waals surface area contributed by atoms with E-state index in [9.17, 15) is 9.59 Å². The number of piperidine rings is 1. The molecule has 7 rings (SSSR count). The van der Waals surface area contributed by atoms with Crippen LogP contribution in [0, 0.1) is 0 Å². The average molecular weight is 888 g/mol. The van der Waals surface area contributed by atoms with Gasteiger partial charge in [0.25, 0.3) is 6.01 Å². The van der Waals surface area contributed by atoms with Crippen molar-refractivity contribution in [3.8, 4) is 11.3 Å². The first-order valence-corrected chi connectivity index (χ1v) is 22.0. The second kappa shape index (κ2) is 24.1. The Morgan fingerprint density at radius 3 is 2.16 bits per heavy atom. The molecule has 0 radical (unpaired) electrons. The van der Waals surface area contributed by atoms with Crippen molar-refractivity contribution in [1.29, 1.82) is 0 Å². The largest absolute Gasteiger partial charge is 0.424 e. The number of fused-ring (bicyclic) bond motifs is 3. The van der Waals surface area contributed by atoms with Crippen LogP contribution in [0.3, 0.4) is 0 Å². The Kier molecular flexibility index (Phi) is 17.6. The third kappa shape index (κ3) is 13.6. The summed E-state index contributed by atoms with van der Waals surface area (Å²) in [6, 6.07) is 12.2. The van der Waals surface area contributed by atoms with Gasteiger partial charge in [0, 0.05) is 44.3 Å². The van der Waals surface area contributed by atoms with Crippen molar-refractivity contribution in [3.63, 3.8) is 0 Å². The first kappa shape index (κ1) is 46.7. The molecule has 0 unspecified atom stereocenters. The summed E-state index contributed by atoms with van der Waals surface area (Å²) in [6.45, 7) is 9.55. The first-order chi connectivity index (χ1) is 31.3. The summed E-state index contributed by atoms with van der Waals surface area (Å²) in [5.74, 6) is 0.416. The van der Waals surface area contributed by atoms with Gasteiger partial charge >= 0.3 is 0 Å². The number of amides is 2. The molecule has 1 fully saturated rings. The number of benzene rings is 2. The second-order valence-electron chi connectivity index (χ2n) is 15.8. The highest BCUT2D eigenvalue weighted by Gasteiger charge is 2.23. The molecule has 0 spiro atoms. The lowest BCUT2D eigenvalue weighted by Gasteiger charge is -2.29. The van der Waals surface area contributed by atoms with Crippen molar-refractivity contribution in [3.05, 3.63) is 59.4 Å². The maximum atomic E-state index is 13.0. The van der Waals surface area contributed by atoms with Gasteiger partial charge in [-0.05, 0) is 54.2 Å². The van der Waals surface area contributed by atoms with Gasteiger partial charge in [-0.1, -0.05) is 18.2 Å². The fourth-order valence-corrected chi connectivity index (χ4v) is 7.68. The van der Waals surface area contributed by atoms with Gasteiger partial charge in [0.05, 0.1) is 104 Å². The lowest BCUT2D eigenvalue weighted by Crippen LogP contribution is -2.45. The fraction of sp³-hybridized carbons (Fsp3) is 0.545. The van der Waals surface area contributed by atoms with Gasteiger partial charge in [-0.2, -0.15) is 10.1 Å². The van der Waals surface area contributed by atoms with E-state index in [1.165, 1.54) is 11.9 Å². The summed E-state index contributed by atoms with van der Waals surface area (Å²) < 4.78 is 40.6. The van der Waals surface area contributed by atoms with Crippen molar-refractivity contribution >= 4 is 45.8 Å². The Hall–Kier alpha value is -5.32. The zero-order valence-electron chi connectivity index (χ0n) is 36.4. The maximum Gasteiger partial charge on any atom is 0.292 e. The quantitative estimate of drug-likeness (QED) is 0.0577. The normalized spacial score (nSPS) is 14.7. The first-order valence-electron chi connectivity index (χ1n) is 22.0. The maximum absolute atomic E-state index is 13.0.